The maximum Gasteiger partial charge on any atom is 0.247 e. The molecule has 0 bridgehead atoms. The summed E-state index contributed by atoms with van der Waals surface area (Å²) in [6.07, 6.45) is 8.74. The highest BCUT2D eigenvalue weighted by molar-refractivity contribution is 5.91. The molecule has 2 aromatic heterocycles. The Labute approximate surface area is 171 Å². The Morgan fingerprint density at radius 2 is 1.72 bits per heavy atom. The van der Waals surface area contributed by atoms with Gasteiger partial charge in [0.05, 0.1) is 19.4 Å². The van der Waals surface area contributed by atoms with E-state index in [1.807, 2.05) is 60.7 Å². The second kappa shape index (κ2) is 9.32. The molecule has 0 unspecified atom stereocenters. The van der Waals surface area contributed by atoms with E-state index < -0.39 is 0 Å². The van der Waals surface area contributed by atoms with E-state index in [0.29, 0.717) is 13.1 Å². The summed E-state index contributed by atoms with van der Waals surface area (Å²) in [5.74, 6) is 2.33. The Morgan fingerprint density at radius 3 is 2.48 bits per heavy atom. The maximum absolute atomic E-state index is 12.9. The van der Waals surface area contributed by atoms with Gasteiger partial charge in [0.15, 0.2) is 5.88 Å². The van der Waals surface area contributed by atoms with Crippen LogP contribution in [0.2, 0.25) is 0 Å². The Bertz CT molecular complexity index is 922. The van der Waals surface area contributed by atoms with Crippen molar-refractivity contribution in [3.05, 3.63) is 84.0 Å². The van der Waals surface area contributed by atoms with Crippen molar-refractivity contribution in [1.82, 2.24) is 4.90 Å². The summed E-state index contributed by atoms with van der Waals surface area (Å²) >= 11 is 0. The number of nitrogens with zero attached hydrogens (tertiary/aromatic N) is 2. The summed E-state index contributed by atoms with van der Waals surface area (Å²) in [6.45, 7) is 2.85. The van der Waals surface area contributed by atoms with E-state index in [0.717, 1.165) is 36.1 Å². The summed E-state index contributed by atoms with van der Waals surface area (Å²) in [5, 5.41) is 0. The number of piperidine rings is 1. The SMILES string of the molecule is O=C(/C=C/c1ccccc1)N(Cc1ccco1)Cc1ccc(N2CCCCC2)o1. The van der Waals surface area contributed by atoms with Crippen LogP contribution in [0.5, 0.6) is 0 Å². The van der Waals surface area contributed by atoms with Gasteiger partial charge in [0.1, 0.15) is 11.5 Å². The van der Waals surface area contributed by atoms with Crippen LogP contribution in [0.3, 0.4) is 0 Å². The van der Waals surface area contributed by atoms with Crippen molar-refractivity contribution in [1.29, 1.82) is 0 Å². The number of rotatable bonds is 7. The van der Waals surface area contributed by atoms with Crippen molar-refractivity contribution in [2.24, 2.45) is 0 Å². The summed E-state index contributed by atoms with van der Waals surface area (Å²) in [6, 6.07) is 17.5. The van der Waals surface area contributed by atoms with E-state index in [1.54, 1.807) is 17.2 Å². The lowest BCUT2D eigenvalue weighted by Crippen LogP contribution is -2.29. The van der Waals surface area contributed by atoms with Gasteiger partial charge >= 0.3 is 0 Å². The highest BCUT2D eigenvalue weighted by Crippen LogP contribution is 2.24. The number of hydrogen-bond acceptors (Lipinski definition) is 4. The molecule has 1 saturated heterocycles. The van der Waals surface area contributed by atoms with E-state index in [9.17, 15) is 4.79 Å². The number of anilines is 1. The van der Waals surface area contributed by atoms with Crippen molar-refractivity contribution in [3.63, 3.8) is 0 Å². The van der Waals surface area contributed by atoms with Gasteiger partial charge in [-0.1, -0.05) is 30.3 Å². The smallest absolute Gasteiger partial charge is 0.247 e. The molecule has 0 radical (unpaired) electrons. The first-order chi connectivity index (χ1) is 14.3. The predicted octanol–water partition coefficient (Wildman–Crippen LogP) is 5.11. The molecule has 0 atom stereocenters. The molecule has 3 aromatic rings. The molecule has 4 rings (SSSR count). The lowest BCUT2D eigenvalue weighted by molar-refractivity contribution is -0.127. The first-order valence-electron chi connectivity index (χ1n) is 10.2. The van der Waals surface area contributed by atoms with Gasteiger partial charge in [0.25, 0.3) is 0 Å². The van der Waals surface area contributed by atoms with Gasteiger partial charge in [-0.25, -0.2) is 0 Å². The summed E-state index contributed by atoms with van der Waals surface area (Å²) < 4.78 is 11.5. The third-order valence-electron chi connectivity index (χ3n) is 5.12. The quantitative estimate of drug-likeness (QED) is 0.526. The van der Waals surface area contributed by atoms with Crippen molar-refractivity contribution < 1.29 is 13.6 Å². The van der Waals surface area contributed by atoms with Gasteiger partial charge < -0.3 is 18.6 Å². The van der Waals surface area contributed by atoms with Crippen molar-refractivity contribution >= 4 is 17.9 Å². The molecule has 1 aliphatic rings. The first kappa shape index (κ1) is 19.1. The molecule has 1 aliphatic heterocycles. The predicted molar refractivity (Wildman–Crippen MR) is 113 cm³/mol. The number of furan rings is 2. The average molecular weight is 390 g/mol. The number of carbonyl (C=O) groups excluding carboxylic acids is 1. The monoisotopic (exact) mass is 390 g/mol. The molecule has 3 heterocycles. The van der Waals surface area contributed by atoms with Gasteiger partial charge in [0, 0.05) is 25.2 Å². The normalized spacial score (nSPS) is 14.4. The molecule has 5 nitrogen and oxygen atoms in total. The molecule has 0 aliphatic carbocycles. The van der Waals surface area contributed by atoms with E-state index >= 15 is 0 Å². The van der Waals surface area contributed by atoms with Crippen molar-refractivity contribution in [2.45, 2.75) is 32.4 Å². The Balaban J connectivity index is 1.47. The largest absolute Gasteiger partial charge is 0.467 e. The Hall–Kier alpha value is -3.21. The fraction of sp³-hybridized carbons (Fsp3) is 0.292. The van der Waals surface area contributed by atoms with Gasteiger partial charge in [-0.05, 0) is 49.1 Å². The molecule has 150 valence electrons. The summed E-state index contributed by atoms with van der Waals surface area (Å²) in [5.41, 5.74) is 0.990. The van der Waals surface area contributed by atoms with E-state index in [-0.39, 0.29) is 5.91 Å². The van der Waals surface area contributed by atoms with Gasteiger partial charge in [-0.2, -0.15) is 0 Å². The summed E-state index contributed by atoms with van der Waals surface area (Å²) in [7, 11) is 0. The third-order valence-corrected chi connectivity index (χ3v) is 5.12. The van der Waals surface area contributed by atoms with Crippen LogP contribution in [-0.4, -0.2) is 23.9 Å². The molecule has 0 saturated carbocycles. The molecular formula is C24H26N2O3. The second-order valence-corrected chi connectivity index (χ2v) is 7.31. The minimum absolute atomic E-state index is 0.0822. The Kier molecular flexibility index (Phi) is 6.15. The zero-order valence-electron chi connectivity index (χ0n) is 16.5. The molecular weight excluding hydrogens is 364 g/mol. The molecule has 5 heteroatoms. The Morgan fingerprint density at radius 1 is 0.931 bits per heavy atom. The van der Waals surface area contributed by atoms with E-state index in [2.05, 4.69) is 4.90 Å². The maximum atomic E-state index is 12.9. The van der Waals surface area contributed by atoms with Crippen LogP contribution in [0.25, 0.3) is 6.08 Å². The van der Waals surface area contributed by atoms with Crippen LogP contribution < -0.4 is 4.90 Å². The molecule has 29 heavy (non-hydrogen) atoms. The molecule has 0 spiro atoms. The van der Waals surface area contributed by atoms with Crippen LogP contribution in [0.4, 0.5) is 5.88 Å². The van der Waals surface area contributed by atoms with E-state index in [1.165, 1.54) is 19.3 Å². The number of hydrogen-bond donors (Lipinski definition) is 0. The van der Waals surface area contributed by atoms with Crippen molar-refractivity contribution in [3.8, 4) is 0 Å². The minimum Gasteiger partial charge on any atom is -0.467 e. The zero-order valence-corrected chi connectivity index (χ0v) is 16.5. The number of carbonyl (C=O) groups is 1. The van der Waals surface area contributed by atoms with Crippen molar-refractivity contribution in [2.75, 3.05) is 18.0 Å². The topological polar surface area (TPSA) is 49.8 Å². The van der Waals surface area contributed by atoms with Crippen LogP contribution in [-0.2, 0) is 17.9 Å². The second-order valence-electron chi connectivity index (χ2n) is 7.31. The van der Waals surface area contributed by atoms with Crippen LogP contribution >= 0.6 is 0 Å². The first-order valence-corrected chi connectivity index (χ1v) is 10.2. The fourth-order valence-corrected chi connectivity index (χ4v) is 3.56. The third kappa shape index (κ3) is 5.19. The zero-order chi connectivity index (χ0) is 19.9. The van der Waals surface area contributed by atoms with Crippen LogP contribution in [0.1, 0.15) is 36.3 Å². The summed E-state index contributed by atoms with van der Waals surface area (Å²) in [4.78, 5) is 16.9. The number of benzene rings is 1. The molecule has 1 amide bonds. The van der Waals surface area contributed by atoms with Gasteiger partial charge in [0.2, 0.25) is 5.91 Å². The highest BCUT2D eigenvalue weighted by Gasteiger charge is 2.18. The van der Waals surface area contributed by atoms with Crippen LogP contribution in [0.15, 0.2) is 75.8 Å². The minimum atomic E-state index is -0.0822. The van der Waals surface area contributed by atoms with Gasteiger partial charge in [-0.3, -0.25) is 4.79 Å². The van der Waals surface area contributed by atoms with Gasteiger partial charge in [-0.15, -0.1) is 0 Å². The standard InChI is InChI=1S/C24H26N2O3/c27-23(13-11-20-8-3-1-4-9-20)26(18-21-10-7-17-28-21)19-22-12-14-24(29-22)25-15-5-2-6-16-25/h1,3-4,7-14,17H,2,5-6,15-16,18-19H2/b13-11+. The highest BCUT2D eigenvalue weighted by atomic mass is 16.4. The average Bonchev–Trinajstić information content (AvgIpc) is 3.45. The molecule has 1 aromatic carbocycles. The van der Waals surface area contributed by atoms with E-state index in [4.69, 9.17) is 8.83 Å². The molecule has 1 fully saturated rings. The number of amides is 1. The van der Waals surface area contributed by atoms with Crippen LogP contribution in [0, 0.1) is 0 Å². The lowest BCUT2D eigenvalue weighted by atomic mass is 10.1. The molecule has 0 N–H and O–H groups in total. The fourth-order valence-electron chi connectivity index (χ4n) is 3.56. The lowest BCUT2D eigenvalue weighted by Gasteiger charge is -2.26.